The van der Waals surface area contributed by atoms with Crippen LogP contribution in [0, 0.1) is 18.3 Å². The van der Waals surface area contributed by atoms with Crippen LogP contribution in [0.15, 0.2) is 16.6 Å². The average Bonchev–Trinajstić information content (AvgIpc) is 2.37. The van der Waals surface area contributed by atoms with Crippen molar-refractivity contribution in [2.75, 3.05) is 11.9 Å². The number of pyridine rings is 1. The minimum absolute atomic E-state index is 0.00972. The SMILES string of the molecule is Cc1nc(NC(=O)CCC(CCN)C(C)(C)C)ccc1Br. The van der Waals surface area contributed by atoms with Crippen LogP contribution in [0.25, 0.3) is 0 Å². The Balaban J connectivity index is 2.54. The van der Waals surface area contributed by atoms with E-state index in [9.17, 15) is 4.79 Å². The molecule has 0 spiro atoms. The highest BCUT2D eigenvalue weighted by molar-refractivity contribution is 9.10. The quantitative estimate of drug-likeness (QED) is 0.813. The number of carbonyl (C=O) groups excluding carboxylic acids is 1. The van der Waals surface area contributed by atoms with Crippen LogP contribution in [0.4, 0.5) is 5.82 Å². The molecule has 0 aliphatic carbocycles. The van der Waals surface area contributed by atoms with E-state index < -0.39 is 0 Å². The van der Waals surface area contributed by atoms with Crippen molar-refractivity contribution < 1.29 is 4.79 Å². The zero-order chi connectivity index (χ0) is 16.0. The van der Waals surface area contributed by atoms with Crippen LogP contribution in [-0.4, -0.2) is 17.4 Å². The number of halogens is 1. The van der Waals surface area contributed by atoms with Gasteiger partial charge in [-0.25, -0.2) is 4.98 Å². The van der Waals surface area contributed by atoms with Crippen LogP contribution in [0.2, 0.25) is 0 Å². The summed E-state index contributed by atoms with van der Waals surface area (Å²) in [6.45, 7) is 9.16. The molecule has 1 heterocycles. The van der Waals surface area contributed by atoms with E-state index >= 15 is 0 Å². The number of nitrogens with one attached hydrogen (secondary N) is 1. The molecule has 0 radical (unpaired) electrons. The average molecular weight is 356 g/mol. The van der Waals surface area contributed by atoms with Gasteiger partial charge in [0.2, 0.25) is 5.91 Å². The fraction of sp³-hybridized carbons (Fsp3) is 0.625. The van der Waals surface area contributed by atoms with Crippen molar-refractivity contribution >= 4 is 27.7 Å². The Morgan fingerprint density at radius 1 is 1.38 bits per heavy atom. The Kier molecular flexibility index (Phi) is 6.81. The minimum Gasteiger partial charge on any atom is -0.330 e. The number of rotatable bonds is 6. The van der Waals surface area contributed by atoms with E-state index in [0.29, 0.717) is 24.7 Å². The third kappa shape index (κ3) is 6.14. The van der Waals surface area contributed by atoms with E-state index in [1.54, 1.807) is 6.07 Å². The summed E-state index contributed by atoms with van der Waals surface area (Å²) in [5, 5.41) is 2.86. The number of aryl methyl sites for hydroxylation is 1. The largest absolute Gasteiger partial charge is 0.330 e. The summed E-state index contributed by atoms with van der Waals surface area (Å²) in [4.78, 5) is 16.4. The van der Waals surface area contributed by atoms with Crippen molar-refractivity contribution in [2.45, 2.75) is 47.0 Å². The first-order valence-corrected chi connectivity index (χ1v) is 8.16. The highest BCUT2D eigenvalue weighted by atomic mass is 79.9. The molecule has 1 aromatic heterocycles. The molecule has 118 valence electrons. The summed E-state index contributed by atoms with van der Waals surface area (Å²) in [5.74, 6) is 1.06. The van der Waals surface area contributed by atoms with Gasteiger partial charge in [-0.2, -0.15) is 0 Å². The van der Waals surface area contributed by atoms with Gasteiger partial charge in [0.15, 0.2) is 0 Å². The topological polar surface area (TPSA) is 68.0 Å². The van der Waals surface area contributed by atoms with Crippen molar-refractivity contribution in [1.82, 2.24) is 4.98 Å². The molecule has 21 heavy (non-hydrogen) atoms. The van der Waals surface area contributed by atoms with Crippen LogP contribution in [0.5, 0.6) is 0 Å². The van der Waals surface area contributed by atoms with Gasteiger partial charge in [-0.05, 0) is 65.7 Å². The molecule has 1 atom stereocenters. The summed E-state index contributed by atoms with van der Waals surface area (Å²) in [7, 11) is 0. The highest BCUT2D eigenvalue weighted by Gasteiger charge is 2.24. The van der Waals surface area contributed by atoms with E-state index in [1.165, 1.54) is 0 Å². The molecular weight excluding hydrogens is 330 g/mol. The van der Waals surface area contributed by atoms with Gasteiger partial charge < -0.3 is 11.1 Å². The maximum absolute atomic E-state index is 12.1. The van der Waals surface area contributed by atoms with Gasteiger partial charge in [-0.3, -0.25) is 4.79 Å². The van der Waals surface area contributed by atoms with Gasteiger partial charge in [-0.15, -0.1) is 0 Å². The molecule has 3 N–H and O–H groups in total. The molecule has 0 saturated carbocycles. The first-order valence-electron chi connectivity index (χ1n) is 7.37. The summed E-state index contributed by atoms with van der Waals surface area (Å²) in [6, 6.07) is 3.69. The van der Waals surface area contributed by atoms with Crippen LogP contribution in [-0.2, 0) is 4.79 Å². The standard InChI is InChI=1S/C16H26BrN3O/c1-11-13(17)6-7-14(19-11)20-15(21)8-5-12(9-10-18)16(2,3)4/h6-7,12H,5,8-10,18H2,1-4H3,(H,19,20,21). The number of hydrogen-bond acceptors (Lipinski definition) is 3. The van der Waals surface area contributed by atoms with Crippen LogP contribution in [0.1, 0.15) is 45.7 Å². The van der Waals surface area contributed by atoms with Gasteiger partial charge in [0.25, 0.3) is 0 Å². The number of anilines is 1. The lowest BCUT2D eigenvalue weighted by Crippen LogP contribution is -2.25. The van der Waals surface area contributed by atoms with Crippen LogP contribution >= 0.6 is 15.9 Å². The fourth-order valence-electron chi connectivity index (χ4n) is 2.34. The summed E-state index contributed by atoms with van der Waals surface area (Å²) >= 11 is 3.40. The summed E-state index contributed by atoms with van der Waals surface area (Å²) in [5.41, 5.74) is 6.71. The Hall–Kier alpha value is -0.940. The first-order chi connectivity index (χ1) is 9.74. The normalized spacial score (nSPS) is 13.0. The van der Waals surface area contributed by atoms with Gasteiger partial charge in [0.05, 0.1) is 5.69 Å². The fourth-order valence-corrected chi connectivity index (χ4v) is 2.56. The van der Waals surface area contributed by atoms with Gasteiger partial charge in [0.1, 0.15) is 5.82 Å². The lowest BCUT2D eigenvalue weighted by molar-refractivity contribution is -0.116. The predicted octanol–water partition coefficient (Wildman–Crippen LogP) is 3.88. The Morgan fingerprint density at radius 2 is 2.05 bits per heavy atom. The van der Waals surface area contributed by atoms with E-state index in [1.807, 2.05) is 13.0 Å². The van der Waals surface area contributed by atoms with Crippen molar-refractivity contribution in [1.29, 1.82) is 0 Å². The Labute approximate surface area is 136 Å². The van der Waals surface area contributed by atoms with E-state index in [0.717, 1.165) is 23.0 Å². The van der Waals surface area contributed by atoms with Crippen molar-refractivity contribution in [3.05, 3.63) is 22.3 Å². The zero-order valence-electron chi connectivity index (χ0n) is 13.4. The number of aromatic nitrogens is 1. The van der Waals surface area contributed by atoms with E-state index in [2.05, 4.69) is 47.0 Å². The molecule has 1 unspecified atom stereocenters. The smallest absolute Gasteiger partial charge is 0.225 e. The molecule has 0 bridgehead atoms. The van der Waals surface area contributed by atoms with Gasteiger partial charge in [0, 0.05) is 10.9 Å². The molecule has 1 rings (SSSR count). The lowest BCUT2D eigenvalue weighted by Gasteiger charge is -2.30. The third-order valence-corrected chi connectivity index (χ3v) is 4.59. The molecule has 0 aliphatic rings. The number of nitrogens with two attached hydrogens (primary N) is 1. The molecule has 1 aromatic rings. The lowest BCUT2D eigenvalue weighted by atomic mass is 9.76. The molecular formula is C16H26BrN3O. The molecule has 0 fully saturated rings. The predicted molar refractivity (Wildman–Crippen MR) is 91.2 cm³/mol. The molecule has 0 aromatic carbocycles. The maximum Gasteiger partial charge on any atom is 0.225 e. The summed E-state index contributed by atoms with van der Waals surface area (Å²) in [6.07, 6.45) is 2.30. The number of carbonyl (C=O) groups is 1. The molecule has 0 aliphatic heterocycles. The minimum atomic E-state index is 0.00972. The van der Waals surface area contributed by atoms with Crippen molar-refractivity contribution in [2.24, 2.45) is 17.1 Å². The number of amides is 1. The second-order valence-electron chi connectivity index (χ2n) is 6.49. The van der Waals surface area contributed by atoms with Crippen molar-refractivity contribution in [3.63, 3.8) is 0 Å². The monoisotopic (exact) mass is 355 g/mol. The number of nitrogens with zero attached hydrogens (tertiary/aromatic N) is 1. The first kappa shape index (κ1) is 18.1. The van der Waals surface area contributed by atoms with E-state index in [4.69, 9.17) is 5.73 Å². The second kappa shape index (κ2) is 7.90. The second-order valence-corrected chi connectivity index (χ2v) is 7.35. The highest BCUT2D eigenvalue weighted by Crippen LogP contribution is 2.32. The summed E-state index contributed by atoms with van der Waals surface area (Å²) < 4.78 is 0.941. The van der Waals surface area contributed by atoms with Gasteiger partial charge >= 0.3 is 0 Å². The van der Waals surface area contributed by atoms with Crippen LogP contribution < -0.4 is 11.1 Å². The Morgan fingerprint density at radius 3 is 2.57 bits per heavy atom. The maximum atomic E-state index is 12.1. The van der Waals surface area contributed by atoms with Gasteiger partial charge in [-0.1, -0.05) is 20.8 Å². The third-order valence-electron chi connectivity index (χ3n) is 3.75. The van der Waals surface area contributed by atoms with E-state index in [-0.39, 0.29) is 11.3 Å². The molecule has 5 heteroatoms. The Bertz CT molecular complexity index is 483. The molecule has 1 amide bonds. The zero-order valence-corrected chi connectivity index (χ0v) is 15.0. The molecule has 0 saturated heterocycles. The van der Waals surface area contributed by atoms with Crippen LogP contribution in [0.3, 0.4) is 0 Å². The van der Waals surface area contributed by atoms with Crippen molar-refractivity contribution in [3.8, 4) is 0 Å². The number of hydrogen-bond donors (Lipinski definition) is 2. The molecule has 4 nitrogen and oxygen atoms in total.